The lowest BCUT2D eigenvalue weighted by molar-refractivity contribution is -0.384. The minimum absolute atomic E-state index is 0.0421. The predicted octanol–water partition coefficient (Wildman–Crippen LogP) is 4.60. The van der Waals surface area contributed by atoms with E-state index in [1.807, 2.05) is 0 Å². The van der Waals surface area contributed by atoms with Crippen LogP contribution in [0, 0.1) is 21.4 Å². The van der Waals surface area contributed by atoms with Crippen LogP contribution in [0.25, 0.3) is 5.69 Å². The number of nitrogens with zero attached hydrogens (tertiary/aromatic N) is 3. The fourth-order valence-corrected chi connectivity index (χ4v) is 4.02. The Hall–Kier alpha value is -3.10. The molecule has 0 bridgehead atoms. The second-order valence-electron chi connectivity index (χ2n) is 6.05. The summed E-state index contributed by atoms with van der Waals surface area (Å²) in [5.41, 5.74) is 9.39. The van der Waals surface area contributed by atoms with Gasteiger partial charge in [-0.1, -0.05) is 6.07 Å². The van der Waals surface area contributed by atoms with Crippen LogP contribution in [0.3, 0.4) is 0 Å². The summed E-state index contributed by atoms with van der Waals surface area (Å²) in [6, 6.07) is 15.2. The number of hydrogen-bond donors (Lipinski definition) is 1. The maximum absolute atomic E-state index is 10.9. The third-order valence-corrected chi connectivity index (χ3v) is 5.39. The van der Waals surface area contributed by atoms with Crippen molar-refractivity contribution in [3.8, 4) is 23.3 Å². The van der Waals surface area contributed by atoms with E-state index in [-0.39, 0.29) is 9.80 Å². The minimum atomic E-state index is -0.473. The number of anilines is 1. The summed E-state index contributed by atoms with van der Waals surface area (Å²) in [7, 11) is 0. The maximum atomic E-state index is 10.9. The topological polar surface area (TPSA) is 116 Å². The van der Waals surface area contributed by atoms with Gasteiger partial charge in [0.1, 0.15) is 27.4 Å². The molecular weight excluding hydrogens is 475 g/mol. The van der Waals surface area contributed by atoms with E-state index >= 15 is 0 Å². The van der Waals surface area contributed by atoms with Gasteiger partial charge in [-0.25, -0.2) is 0 Å². The van der Waals surface area contributed by atoms with E-state index in [2.05, 4.69) is 28.7 Å². The Morgan fingerprint density at radius 3 is 2.71 bits per heavy atom. The summed E-state index contributed by atoms with van der Waals surface area (Å²) in [5.74, 6) is 0.884. The fourth-order valence-electron chi connectivity index (χ4n) is 3.14. The normalized spacial score (nSPS) is 15.1. The van der Waals surface area contributed by atoms with Gasteiger partial charge in [-0.15, -0.1) is 0 Å². The van der Waals surface area contributed by atoms with Crippen LogP contribution in [-0.2, 0) is 11.3 Å². The van der Waals surface area contributed by atoms with Crippen LogP contribution in [-0.4, -0.2) is 9.49 Å². The van der Waals surface area contributed by atoms with Crippen LogP contribution in [0.15, 0.2) is 48.5 Å². The summed E-state index contributed by atoms with van der Waals surface area (Å²) in [6.07, 6.45) is 0. The fraction of sp³-hybridized carbons (Fsp3) is 0.105. The number of nitro benzene ring substituents is 1. The number of nitro groups is 1. The highest BCUT2D eigenvalue weighted by Crippen LogP contribution is 2.43. The second kappa shape index (κ2) is 7.14. The van der Waals surface area contributed by atoms with Crippen molar-refractivity contribution in [2.45, 2.75) is 10.7 Å². The van der Waals surface area contributed by atoms with Crippen molar-refractivity contribution in [3.63, 3.8) is 0 Å². The highest BCUT2D eigenvalue weighted by atomic mass is 127. The van der Waals surface area contributed by atoms with E-state index in [9.17, 15) is 15.4 Å². The highest BCUT2D eigenvalue weighted by Gasteiger charge is 2.31. The van der Waals surface area contributed by atoms with E-state index in [1.165, 1.54) is 12.1 Å². The van der Waals surface area contributed by atoms with Crippen LogP contribution in [0.1, 0.15) is 21.1 Å². The molecule has 2 aromatic carbocycles. The average Bonchev–Trinajstić information content (AvgIpc) is 3.20. The van der Waals surface area contributed by atoms with E-state index in [0.717, 1.165) is 16.9 Å². The predicted molar refractivity (Wildman–Crippen MR) is 110 cm³/mol. The molecule has 1 aliphatic heterocycles. The van der Waals surface area contributed by atoms with Gasteiger partial charge in [-0.2, -0.15) is 5.26 Å². The number of rotatable bonds is 4. The number of nitriles is 1. The van der Waals surface area contributed by atoms with Crippen molar-refractivity contribution in [3.05, 3.63) is 75.6 Å². The monoisotopic (exact) mass is 488 g/mol. The molecule has 1 atom stereocenters. The second-order valence-corrected chi connectivity index (χ2v) is 7.18. The van der Waals surface area contributed by atoms with Gasteiger partial charge in [-0.3, -0.25) is 10.1 Å². The molecule has 140 valence electrons. The van der Waals surface area contributed by atoms with Crippen LogP contribution < -0.4 is 10.5 Å². The van der Waals surface area contributed by atoms with Crippen molar-refractivity contribution >= 4 is 34.0 Å². The minimum Gasteiger partial charge on any atom is -0.457 e. The van der Waals surface area contributed by atoms with Crippen molar-refractivity contribution in [2.24, 2.45) is 0 Å². The van der Waals surface area contributed by atoms with Crippen molar-refractivity contribution in [1.82, 2.24) is 4.57 Å². The van der Waals surface area contributed by atoms with Gasteiger partial charge in [0, 0.05) is 17.3 Å². The first-order chi connectivity index (χ1) is 13.5. The number of benzene rings is 2. The highest BCUT2D eigenvalue weighted by molar-refractivity contribution is 14.1. The zero-order valence-electron chi connectivity index (χ0n) is 14.3. The van der Waals surface area contributed by atoms with Crippen LogP contribution in [0.2, 0.25) is 0 Å². The van der Waals surface area contributed by atoms with Crippen LogP contribution in [0.4, 0.5) is 11.4 Å². The number of non-ortho nitro benzene ring substituents is 1. The summed E-state index contributed by atoms with van der Waals surface area (Å²) >= 11 is 2.15. The number of alkyl halides is 1. The molecule has 4 rings (SSSR count). The molecule has 2 heterocycles. The van der Waals surface area contributed by atoms with Gasteiger partial charge in [-0.05, 0) is 52.9 Å². The molecule has 0 radical (unpaired) electrons. The van der Waals surface area contributed by atoms with Gasteiger partial charge < -0.3 is 19.8 Å². The first-order valence-electron chi connectivity index (χ1n) is 8.21. The Morgan fingerprint density at radius 1 is 1.29 bits per heavy atom. The van der Waals surface area contributed by atoms with Crippen molar-refractivity contribution in [2.75, 3.05) is 5.73 Å². The SMILES string of the molecule is N#Cc1c(N)c2c(n1-c1ccc(Oc3cccc([N+](=O)[O-])c3)cc1)COC2I. The number of fused-ring (bicyclic) bond motifs is 1. The molecule has 0 amide bonds. The Balaban J connectivity index is 1.66. The molecule has 0 saturated carbocycles. The molecule has 0 spiro atoms. The molecule has 8 nitrogen and oxygen atoms in total. The first-order valence-corrected chi connectivity index (χ1v) is 9.45. The zero-order chi connectivity index (χ0) is 19.8. The first kappa shape index (κ1) is 18.3. The third kappa shape index (κ3) is 3.06. The van der Waals surface area contributed by atoms with E-state index < -0.39 is 4.92 Å². The molecule has 0 fully saturated rings. The van der Waals surface area contributed by atoms with Gasteiger partial charge in [0.05, 0.1) is 29.0 Å². The van der Waals surface area contributed by atoms with Gasteiger partial charge in [0.25, 0.3) is 5.69 Å². The number of aromatic nitrogens is 1. The average molecular weight is 488 g/mol. The number of ether oxygens (including phenoxy) is 2. The lowest BCUT2D eigenvalue weighted by Crippen LogP contribution is -2.03. The molecule has 2 N–H and O–H groups in total. The Kier molecular flexibility index (Phi) is 4.66. The van der Waals surface area contributed by atoms with Gasteiger partial charge >= 0.3 is 0 Å². The molecule has 0 aliphatic carbocycles. The lowest BCUT2D eigenvalue weighted by atomic mass is 10.2. The Morgan fingerprint density at radius 2 is 2.04 bits per heavy atom. The molecule has 3 aromatic rings. The summed E-state index contributed by atoms with van der Waals surface area (Å²) in [5, 5.41) is 20.4. The molecule has 0 saturated heterocycles. The molecule has 9 heteroatoms. The number of hydrogen-bond acceptors (Lipinski definition) is 6. The Bertz CT molecular complexity index is 1120. The maximum Gasteiger partial charge on any atom is 0.273 e. The zero-order valence-corrected chi connectivity index (χ0v) is 16.5. The van der Waals surface area contributed by atoms with Crippen LogP contribution >= 0.6 is 22.6 Å². The van der Waals surface area contributed by atoms with E-state index in [1.54, 1.807) is 41.0 Å². The van der Waals surface area contributed by atoms with Gasteiger partial charge in [0.2, 0.25) is 0 Å². The van der Waals surface area contributed by atoms with Crippen molar-refractivity contribution in [1.29, 1.82) is 5.26 Å². The molecule has 1 aromatic heterocycles. The molecule has 1 unspecified atom stereocenters. The molecule has 28 heavy (non-hydrogen) atoms. The summed E-state index contributed by atoms with van der Waals surface area (Å²) < 4.78 is 12.9. The lowest BCUT2D eigenvalue weighted by Gasteiger charge is -2.11. The summed E-state index contributed by atoms with van der Waals surface area (Å²) in [4.78, 5) is 10.4. The quantitative estimate of drug-likeness (QED) is 0.249. The largest absolute Gasteiger partial charge is 0.457 e. The molecule has 1 aliphatic rings. The number of nitrogen functional groups attached to an aromatic ring is 1. The van der Waals surface area contributed by atoms with Crippen molar-refractivity contribution < 1.29 is 14.4 Å². The van der Waals surface area contributed by atoms with E-state index in [0.29, 0.717) is 29.5 Å². The number of halogens is 1. The third-order valence-electron chi connectivity index (χ3n) is 4.41. The standard InChI is InChI=1S/C19H13IN4O4/c20-19-17-16(10-27-19)23(15(9-21)18(17)22)11-4-6-13(7-5-11)28-14-3-1-2-12(8-14)24(25)26/h1-8,19H,10,22H2. The van der Waals surface area contributed by atoms with Gasteiger partial charge in [0.15, 0.2) is 0 Å². The van der Waals surface area contributed by atoms with Crippen LogP contribution in [0.5, 0.6) is 11.5 Å². The smallest absolute Gasteiger partial charge is 0.273 e. The molecular formula is C19H13IN4O4. The summed E-state index contributed by atoms with van der Waals surface area (Å²) in [6.45, 7) is 0.376. The number of nitrogens with two attached hydrogens (primary N) is 1. The Labute approximate surface area is 173 Å². The van der Waals surface area contributed by atoms with E-state index in [4.69, 9.17) is 15.2 Å².